The van der Waals surface area contributed by atoms with Gasteiger partial charge in [0.2, 0.25) is 5.91 Å². The highest BCUT2D eigenvalue weighted by Crippen LogP contribution is 2.29. The predicted octanol–water partition coefficient (Wildman–Crippen LogP) is 3.36. The molecule has 0 aromatic carbocycles. The van der Waals surface area contributed by atoms with Crippen molar-refractivity contribution in [3.05, 3.63) is 36.3 Å². The largest absolute Gasteiger partial charge is 0.336 e. The second-order valence-electron chi connectivity index (χ2n) is 5.80. The zero-order valence-electron chi connectivity index (χ0n) is 13.1. The molecular weight excluding hydrogens is 294 g/mol. The number of imidazole rings is 1. The van der Waals surface area contributed by atoms with Crippen LogP contribution in [0.5, 0.6) is 0 Å². The molecule has 0 spiro atoms. The molecule has 0 N–H and O–H groups in total. The molecule has 1 amide bonds. The Morgan fingerprint density at radius 3 is 3.00 bits per heavy atom. The average Bonchev–Trinajstić information content (AvgIpc) is 3.20. The fourth-order valence-corrected chi connectivity index (χ4v) is 4.24. The third kappa shape index (κ3) is 3.46. The molecule has 1 fully saturated rings. The first kappa shape index (κ1) is 15.4. The van der Waals surface area contributed by atoms with Crippen LogP contribution >= 0.6 is 11.8 Å². The average molecular weight is 317 g/mol. The normalized spacial score (nSPS) is 15.5. The maximum atomic E-state index is 12.5. The molecule has 2 aromatic heterocycles. The Morgan fingerprint density at radius 1 is 1.41 bits per heavy atom. The molecule has 1 saturated carbocycles. The van der Waals surface area contributed by atoms with Gasteiger partial charge in [-0.1, -0.05) is 18.9 Å². The molecule has 5 heteroatoms. The van der Waals surface area contributed by atoms with Crippen LogP contribution < -0.4 is 0 Å². The summed E-state index contributed by atoms with van der Waals surface area (Å²) in [6.45, 7) is 3.41. The first-order valence-corrected chi connectivity index (χ1v) is 9.13. The number of thioether (sulfide) groups is 1. The van der Waals surface area contributed by atoms with E-state index in [-0.39, 0.29) is 5.91 Å². The third-order valence-electron chi connectivity index (χ3n) is 4.33. The van der Waals surface area contributed by atoms with Gasteiger partial charge < -0.3 is 9.30 Å². The van der Waals surface area contributed by atoms with Crippen molar-refractivity contribution in [1.82, 2.24) is 14.3 Å². The molecule has 0 aliphatic heterocycles. The van der Waals surface area contributed by atoms with Gasteiger partial charge in [-0.25, -0.2) is 4.98 Å². The van der Waals surface area contributed by atoms with E-state index >= 15 is 0 Å². The number of nitrogens with zero attached hydrogens (tertiary/aromatic N) is 3. The monoisotopic (exact) mass is 317 g/mol. The van der Waals surface area contributed by atoms with Crippen LogP contribution in [0.25, 0.3) is 5.65 Å². The van der Waals surface area contributed by atoms with Gasteiger partial charge in [0, 0.05) is 18.0 Å². The van der Waals surface area contributed by atoms with E-state index in [9.17, 15) is 4.79 Å². The second-order valence-corrected chi connectivity index (χ2v) is 7.09. The van der Waals surface area contributed by atoms with E-state index in [0.29, 0.717) is 17.5 Å². The van der Waals surface area contributed by atoms with E-state index < -0.39 is 0 Å². The maximum absolute atomic E-state index is 12.5. The van der Waals surface area contributed by atoms with Crippen LogP contribution in [-0.4, -0.2) is 37.7 Å². The van der Waals surface area contributed by atoms with E-state index in [1.54, 1.807) is 0 Å². The summed E-state index contributed by atoms with van der Waals surface area (Å²) in [5, 5.41) is 0.693. The fraction of sp³-hybridized carbons (Fsp3) is 0.529. The molecule has 0 unspecified atom stereocenters. The van der Waals surface area contributed by atoms with Gasteiger partial charge in [-0.2, -0.15) is 0 Å². The van der Waals surface area contributed by atoms with Crippen LogP contribution in [0.4, 0.5) is 0 Å². The molecule has 118 valence electrons. The van der Waals surface area contributed by atoms with Crippen LogP contribution in [0.1, 0.15) is 38.3 Å². The van der Waals surface area contributed by atoms with Gasteiger partial charge >= 0.3 is 0 Å². The minimum Gasteiger partial charge on any atom is -0.336 e. The lowest BCUT2D eigenvalue weighted by Gasteiger charge is -2.21. The first-order chi connectivity index (χ1) is 10.8. The summed E-state index contributed by atoms with van der Waals surface area (Å²) in [6.07, 6.45) is 9.07. The summed E-state index contributed by atoms with van der Waals surface area (Å²) >= 11 is 1.84. The summed E-state index contributed by atoms with van der Waals surface area (Å²) in [7, 11) is 0. The van der Waals surface area contributed by atoms with Crippen LogP contribution in [0.2, 0.25) is 0 Å². The highest BCUT2D eigenvalue weighted by atomic mass is 32.2. The van der Waals surface area contributed by atoms with Crippen LogP contribution in [-0.2, 0) is 11.3 Å². The quantitative estimate of drug-likeness (QED) is 0.820. The van der Waals surface area contributed by atoms with Crippen LogP contribution in [0.3, 0.4) is 0 Å². The van der Waals surface area contributed by atoms with Gasteiger partial charge in [0.1, 0.15) is 5.65 Å². The highest BCUT2D eigenvalue weighted by molar-refractivity contribution is 8.00. The Bertz CT molecular complexity index is 634. The SMILES string of the molecule is CCN(Cc1cnc2ccccn12)C(=O)CSC1CCCC1. The topological polar surface area (TPSA) is 37.6 Å². The summed E-state index contributed by atoms with van der Waals surface area (Å²) in [4.78, 5) is 18.8. The lowest BCUT2D eigenvalue weighted by atomic mass is 10.3. The number of aromatic nitrogens is 2. The summed E-state index contributed by atoms with van der Waals surface area (Å²) < 4.78 is 2.06. The van der Waals surface area contributed by atoms with Crippen molar-refractivity contribution in [3.63, 3.8) is 0 Å². The van der Waals surface area contributed by atoms with Crippen molar-refractivity contribution < 1.29 is 4.79 Å². The highest BCUT2D eigenvalue weighted by Gasteiger charge is 2.19. The van der Waals surface area contributed by atoms with Gasteiger partial charge in [0.05, 0.1) is 24.2 Å². The molecule has 0 saturated heterocycles. The summed E-state index contributed by atoms with van der Waals surface area (Å²) in [5.74, 6) is 0.847. The lowest BCUT2D eigenvalue weighted by Crippen LogP contribution is -2.32. The zero-order valence-corrected chi connectivity index (χ0v) is 13.9. The van der Waals surface area contributed by atoms with Crippen molar-refractivity contribution in [2.45, 2.75) is 44.4 Å². The molecule has 2 aromatic rings. The molecule has 4 nitrogen and oxygen atoms in total. The number of hydrogen-bond acceptors (Lipinski definition) is 3. The molecular formula is C17H23N3OS. The summed E-state index contributed by atoms with van der Waals surface area (Å²) in [6, 6.07) is 5.96. The van der Waals surface area contributed by atoms with Crippen molar-refractivity contribution in [3.8, 4) is 0 Å². The Kier molecular flexibility index (Phi) is 5.03. The third-order valence-corrected chi connectivity index (χ3v) is 5.68. The van der Waals surface area contributed by atoms with Gasteiger partial charge in [-0.05, 0) is 31.9 Å². The van der Waals surface area contributed by atoms with Crippen LogP contribution in [0, 0.1) is 0 Å². The molecule has 22 heavy (non-hydrogen) atoms. The predicted molar refractivity (Wildman–Crippen MR) is 91.0 cm³/mol. The first-order valence-electron chi connectivity index (χ1n) is 8.08. The van der Waals surface area contributed by atoms with Crippen molar-refractivity contribution >= 4 is 23.3 Å². The number of pyridine rings is 1. The number of fused-ring (bicyclic) bond motifs is 1. The minimum atomic E-state index is 0.241. The number of carbonyl (C=O) groups is 1. The van der Waals surface area contributed by atoms with Crippen molar-refractivity contribution in [2.24, 2.45) is 0 Å². The molecule has 0 bridgehead atoms. The molecule has 2 heterocycles. The molecule has 0 radical (unpaired) electrons. The Labute approximate surface area is 135 Å². The Balaban J connectivity index is 1.62. The zero-order chi connectivity index (χ0) is 15.4. The van der Waals surface area contributed by atoms with E-state index in [4.69, 9.17) is 0 Å². The van der Waals surface area contributed by atoms with E-state index in [1.807, 2.05) is 54.2 Å². The van der Waals surface area contributed by atoms with E-state index in [2.05, 4.69) is 9.38 Å². The Morgan fingerprint density at radius 2 is 2.23 bits per heavy atom. The Hall–Kier alpha value is -1.49. The van der Waals surface area contributed by atoms with Gasteiger partial charge in [-0.15, -0.1) is 11.8 Å². The minimum absolute atomic E-state index is 0.241. The number of rotatable bonds is 6. The van der Waals surface area contributed by atoms with Gasteiger partial charge in [0.25, 0.3) is 0 Å². The van der Waals surface area contributed by atoms with E-state index in [0.717, 1.165) is 17.9 Å². The second kappa shape index (κ2) is 7.18. The van der Waals surface area contributed by atoms with Gasteiger partial charge in [0.15, 0.2) is 0 Å². The number of amides is 1. The standard InChI is InChI=1S/C17H23N3OS/c1-2-19(17(21)13-22-15-7-3-4-8-15)12-14-11-18-16-9-5-6-10-20(14)16/h5-6,9-11,15H,2-4,7-8,12-13H2,1H3. The molecule has 3 rings (SSSR count). The lowest BCUT2D eigenvalue weighted by molar-refractivity contribution is -0.128. The molecule has 0 atom stereocenters. The fourth-order valence-electron chi connectivity index (χ4n) is 3.01. The summed E-state index contributed by atoms with van der Waals surface area (Å²) in [5.41, 5.74) is 2.00. The maximum Gasteiger partial charge on any atom is 0.232 e. The van der Waals surface area contributed by atoms with Gasteiger partial charge in [-0.3, -0.25) is 4.79 Å². The smallest absolute Gasteiger partial charge is 0.232 e. The van der Waals surface area contributed by atoms with E-state index in [1.165, 1.54) is 25.7 Å². The van der Waals surface area contributed by atoms with Crippen molar-refractivity contribution in [1.29, 1.82) is 0 Å². The number of carbonyl (C=O) groups excluding carboxylic acids is 1. The van der Waals surface area contributed by atoms with Crippen LogP contribution in [0.15, 0.2) is 30.6 Å². The number of hydrogen-bond donors (Lipinski definition) is 0. The van der Waals surface area contributed by atoms with Crippen molar-refractivity contribution in [2.75, 3.05) is 12.3 Å². The molecule has 1 aliphatic carbocycles. The molecule has 1 aliphatic rings.